The third-order valence-electron chi connectivity index (χ3n) is 3.34. The van der Waals surface area contributed by atoms with E-state index in [2.05, 4.69) is 5.32 Å². The Labute approximate surface area is 117 Å². The number of carboxylic acids is 1. The largest absolute Gasteiger partial charge is 0.480 e. The first-order valence-electron chi connectivity index (χ1n) is 6.08. The summed E-state index contributed by atoms with van der Waals surface area (Å²) in [7, 11) is 0. The molecule has 1 aliphatic rings. The van der Waals surface area contributed by atoms with Gasteiger partial charge in [0.15, 0.2) is 0 Å². The van der Waals surface area contributed by atoms with E-state index < -0.39 is 39.4 Å². The second-order valence-electron chi connectivity index (χ2n) is 4.67. The highest BCUT2D eigenvalue weighted by Crippen LogP contribution is 2.34. The number of carboxylic acid groups (broad SMARTS) is 1. The van der Waals surface area contributed by atoms with Gasteiger partial charge in [0.1, 0.15) is 17.0 Å². The fourth-order valence-corrected chi connectivity index (χ4v) is 2.22. The van der Waals surface area contributed by atoms with E-state index >= 15 is 0 Å². The Hall–Kier alpha value is -2.29. The lowest BCUT2D eigenvalue weighted by molar-refractivity contribution is -0.386. The molecule has 0 unspecified atom stereocenters. The molecule has 0 saturated carbocycles. The number of ether oxygens (including phenoxy) is 1. The van der Waals surface area contributed by atoms with Gasteiger partial charge in [-0.05, 0) is 0 Å². The van der Waals surface area contributed by atoms with Crippen molar-refractivity contribution in [1.29, 1.82) is 0 Å². The van der Waals surface area contributed by atoms with Crippen molar-refractivity contribution in [3.8, 4) is 0 Å². The van der Waals surface area contributed by atoms with Crippen LogP contribution in [0.25, 0.3) is 0 Å². The average Bonchev–Trinajstić information content (AvgIpc) is 2.38. The van der Waals surface area contributed by atoms with Crippen LogP contribution in [0.1, 0.15) is 12.8 Å². The van der Waals surface area contributed by atoms with Gasteiger partial charge in [-0.25, -0.2) is 9.18 Å². The Balaban J connectivity index is 2.46. The highest BCUT2D eigenvalue weighted by Gasteiger charge is 2.42. The molecule has 2 N–H and O–H groups in total. The third kappa shape index (κ3) is 2.92. The Morgan fingerprint density at radius 2 is 2.00 bits per heavy atom. The number of rotatable bonds is 4. The number of anilines is 1. The normalized spacial score (nSPS) is 17.2. The highest BCUT2D eigenvalue weighted by molar-refractivity contribution is 5.84. The summed E-state index contributed by atoms with van der Waals surface area (Å²) in [5.74, 6) is -3.66. The molecule has 0 amide bonds. The molecule has 1 aliphatic heterocycles. The van der Waals surface area contributed by atoms with E-state index in [0.717, 1.165) is 0 Å². The van der Waals surface area contributed by atoms with E-state index in [4.69, 9.17) is 4.74 Å². The summed E-state index contributed by atoms with van der Waals surface area (Å²) in [6.45, 7) is 0.260. The number of nitrogens with zero attached hydrogens (tertiary/aromatic N) is 1. The number of nitrogens with one attached hydrogen (secondary N) is 1. The van der Waals surface area contributed by atoms with Gasteiger partial charge in [-0.2, -0.15) is 4.39 Å². The number of aliphatic carboxylic acids is 1. The maximum Gasteiger partial charge on any atom is 0.329 e. The smallest absolute Gasteiger partial charge is 0.329 e. The Kier molecular flexibility index (Phi) is 4.03. The van der Waals surface area contributed by atoms with Crippen LogP contribution in [0.2, 0.25) is 0 Å². The minimum atomic E-state index is -1.55. The predicted molar refractivity (Wildman–Crippen MR) is 67.1 cm³/mol. The quantitative estimate of drug-likeness (QED) is 0.651. The molecule has 1 aromatic carbocycles. The molecule has 1 aromatic rings. The van der Waals surface area contributed by atoms with Gasteiger partial charge >= 0.3 is 11.7 Å². The molecule has 0 aliphatic carbocycles. The first-order valence-corrected chi connectivity index (χ1v) is 6.08. The molecule has 1 saturated heterocycles. The summed E-state index contributed by atoms with van der Waals surface area (Å²) >= 11 is 0. The zero-order valence-corrected chi connectivity index (χ0v) is 10.8. The molecule has 2 rings (SSSR count). The molecule has 114 valence electrons. The average molecular weight is 302 g/mol. The highest BCUT2D eigenvalue weighted by atomic mass is 19.1. The van der Waals surface area contributed by atoms with Gasteiger partial charge < -0.3 is 15.2 Å². The van der Waals surface area contributed by atoms with Gasteiger partial charge in [0.2, 0.25) is 5.82 Å². The molecule has 0 spiro atoms. The van der Waals surface area contributed by atoms with E-state index in [0.29, 0.717) is 12.1 Å². The zero-order chi connectivity index (χ0) is 15.6. The van der Waals surface area contributed by atoms with Crippen LogP contribution in [0, 0.1) is 21.7 Å². The number of hydrogen-bond donors (Lipinski definition) is 2. The van der Waals surface area contributed by atoms with Crippen LogP contribution < -0.4 is 5.32 Å². The molecule has 0 bridgehead atoms. The Morgan fingerprint density at radius 3 is 2.52 bits per heavy atom. The topological polar surface area (TPSA) is 102 Å². The number of benzene rings is 1. The second kappa shape index (κ2) is 5.60. The zero-order valence-electron chi connectivity index (χ0n) is 10.8. The summed E-state index contributed by atoms with van der Waals surface area (Å²) < 4.78 is 31.9. The van der Waals surface area contributed by atoms with Gasteiger partial charge in [0, 0.05) is 38.2 Å². The van der Waals surface area contributed by atoms with Crippen molar-refractivity contribution in [2.75, 3.05) is 18.5 Å². The first kappa shape index (κ1) is 15.1. The Morgan fingerprint density at radius 1 is 1.38 bits per heavy atom. The first-order chi connectivity index (χ1) is 9.85. The van der Waals surface area contributed by atoms with Crippen LogP contribution in [-0.2, 0) is 9.53 Å². The molecular weight excluding hydrogens is 290 g/mol. The SMILES string of the molecule is O=C(O)C1(Nc2cc(F)cc(F)c2[N+](=O)[O-])CCOCC1. The summed E-state index contributed by atoms with van der Waals surface area (Å²) in [5.41, 5.74) is -3.03. The van der Waals surface area contributed by atoms with Gasteiger partial charge in [0.05, 0.1) is 4.92 Å². The monoisotopic (exact) mass is 302 g/mol. The molecule has 1 heterocycles. The standard InChI is InChI=1S/C12H12F2N2O5/c13-7-5-8(14)10(16(19)20)9(6-7)15-12(11(17)18)1-3-21-4-2-12/h5-6,15H,1-4H2,(H,17,18). The molecule has 21 heavy (non-hydrogen) atoms. The van der Waals surface area contributed by atoms with E-state index in [1.807, 2.05) is 0 Å². The molecule has 0 atom stereocenters. The fraction of sp³-hybridized carbons (Fsp3) is 0.417. The summed E-state index contributed by atoms with van der Waals surface area (Å²) in [6.07, 6.45) is 0.0508. The number of nitro benzene ring substituents is 1. The van der Waals surface area contributed by atoms with Gasteiger partial charge in [0.25, 0.3) is 0 Å². The van der Waals surface area contributed by atoms with Crippen LogP contribution >= 0.6 is 0 Å². The van der Waals surface area contributed by atoms with Crippen molar-refractivity contribution < 1.29 is 28.3 Å². The number of nitro groups is 1. The lowest BCUT2D eigenvalue weighted by Gasteiger charge is -2.34. The van der Waals surface area contributed by atoms with Crippen molar-refractivity contribution in [3.05, 3.63) is 33.9 Å². The van der Waals surface area contributed by atoms with E-state index in [1.165, 1.54) is 0 Å². The number of halogens is 2. The summed E-state index contributed by atoms with van der Waals surface area (Å²) in [4.78, 5) is 21.3. The van der Waals surface area contributed by atoms with E-state index in [9.17, 15) is 28.8 Å². The predicted octanol–water partition coefficient (Wildman–Crippen LogP) is 1.92. The van der Waals surface area contributed by atoms with Gasteiger partial charge in [-0.1, -0.05) is 0 Å². The maximum absolute atomic E-state index is 13.5. The fourth-order valence-electron chi connectivity index (χ4n) is 2.22. The van der Waals surface area contributed by atoms with Crippen molar-refractivity contribution in [2.45, 2.75) is 18.4 Å². The third-order valence-corrected chi connectivity index (χ3v) is 3.34. The summed E-state index contributed by atoms with van der Waals surface area (Å²) in [6, 6.07) is 1.09. The number of hydrogen-bond acceptors (Lipinski definition) is 5. The minimum absolute atomic E-state index is 0.0254. The molecule has 1 fully saturated rings. The van der Waals surface area contributed by atoms with Crippen LogP contribution in [0.3, 0.4) is 0 Å². The second-order valence-corrected chi connectivity index (χ2v) is 4.67. The lowest BCUT2D eigenvalue weighted by atomic mass is 9.89. The van der Waals surface area contributed by atoms with E-state index in [1.54, 1.807) is 0 Å². The molecule has 0 aromatic heterocycles. The molecule has 7 nitrogen and oxygen atoms in total. The van der Waals surface area contributed by atoms with Crippen molar-refractivity contribution in [3.63, 3.8) is 0 Å². The number of carbonyl (C=O) groups is 1. The minimum Gasteiger partial charge on any atom is -0.480 e. The lowest BCUT2D eigenvalue weighted by Crippen LogP contribution is -2.50. The Bertz CT molecular complexity index is 587. The van der Waals surface area contributed by atoms with Crippen LogP contribution in [-0.4, -0.2) is 34.8 Å². The van der Waals surface area contributed by atoms with Crippen molar-refractivity contribution in [1.82, 2.24) is 0 Å². The van der Waals surface area contributed by atoms with Crippen molar-refractivity contribution >= 4 is 17.3 Å². The maximum atomic E-state index is 13.5. The molecule has 9 heteroatoms. The van der Waals surface area contributed by atoms with Gasteiger partial charge in [-0.3, -0.25) is 10.1 Å². The van der Waals surface area contributed by atoms with E-state index in [-0.39, 0.29) is 26.1 Å². The molecule has 0 radical (unpaired) electrons. The molecular formula is C12H12F2N2O5. The van der Waals surface area contributed by atoms with Crippen LogP contribution in [0.5, 0.6) is 0 Å². The van der Waals surface area contributed by atoms with Crippen LogP contribution in [0.15, 0.2) is 12.1 Å². The summed E-state index contributed by atoms with van der Waals surface area (Å²) in [5, 5.41) is 22.7. The van der Waals surface area contributed by atoms with Crippen molar-refractivity contribution in [2.24, 2.45) is 0 Å². The van der Waals surface area contributed by atoms with Gasteiger partial charge in [-0.15, -0.1) is 0 Å². The van der Waals surface area contributed by atoms with Crippen LogP contribution in [0.4, 0.5) is 20.2 Å².